The Morgan fingerprint density at radius 2 is 1.76 bits per heavy atom. The number of allylic oxidation sites excluding steroid dienone is 2. The number of aliphatic hydroxyl groups is 4. The fraction of sp³-hybridized carbons (Fsp3) is 0.483. The second kappa shape index (κ2) is 13.8. The number of esters is 1. The molecule has 1 aromatic rings. The molecule has 17 heteroatoms. The van der Waals surface area contributed by atoms with E-state index in [9.17, 15) is 54.9 Å². The van der Waals surface area contributed by atoms with Crippen LogP contribution in [0.3, 0.4) is 0 Å². The average Bonchev–Trinajstić information content (AvgIpc) is 3.32. The van der Waals surface area contributed by atoms with E-state index in [1.165, 1.54) is 29.1 Å². The minimum atomic E-state index is -1.92. The molecule has 4 rings (SSSR count). The summed E-state index contributed by atoms with van der Waals surface area (Å²) in [4.78, 5) is 46.4. The number of aliphatic carboxylic acids is 3. The number of ether oxygens (including phenoxy) is 3. The number of rotatable bonds is 11. The number of nitrogens with one attached hydrogen (secondary N) is 1. The number of carbonyl (C=O) groups excluding carboxylic acids is 1. The van der Waals surface area contributed by atoms with Gasteiger partial charge < -0.3 is 60.4 Å². The predicted molar refractivity (Wildman–Crippen MR) is 151 cm³/mol. The van der Waals surface area contributed by atoms with Gasteiger partial charge >= 0.3 is 23.9 Å². The Morgan fingerprint density at radius 1 is 1.04 bits per heavy atom. The summed E-state index contributed by atoms with van der Waals surface area (Å²) in [7, 11) is 0. The summed E-state index contributed by atoms with van der Waals surface area (Å²) in [5, 5.41) is 82.8. The third kappa shape index (κ3) is 7.99. The minimum absolute atomic E-state index is 0.0320. The zero-order valence-corrected chi connectivity index (χ0v) is 24.4. The zero-order chi connectivity index (χ0) is 33.9. The number of phenols is 1. The Bertz CT molecular complexity index is 1470. The molecule has 3 aliphatic rings. The highest BCUT2D eigenvalue weighted by Gasteiger charge is 2.47. The average molecular weight is 652 g/mol. The summed E-state index contributed by atoms with van der Waals surface area (Å²) < 4.78 is 17.5. The van der Waals surface area contributed by atoms with Gasteiger partial charge in [-0.2, -0.15) is 4.58 Å². The smallest absolute Gasteiger partial charge is 0.373 e. The lowest BCUT2D eigenvalue weighted by atomic mass is 9.98. The molecule has 3 aliphatic heterocycles. The molecule has 17 nitrogen and oxygen atoms in total. The molecule has 0 radical (unpaired) electrons. The molecule has 0 aliphatic carbocycles. The standard InChI is InChI=1S/C29H34N2O15/c1-29(43,10-21(33)34)11-22(35)44-12-20-23(36)24(37)25(38)28(46-20)45-19-8-14-7-17(27(41)42)31(16(14)9-18(19)32)5-3-13-2-4-30-15(6-13)26(39)40/h2-5,8-9,15,17,20,23-25,28,36-38,43H,6-7,10-12H2,1H3,(H4,32,33,34,39,40,41,42)/p+1/t15-,17+,20-,23-,24+,25-,28-,29?/m1/s1. The Morgan fingerprint density at radius 3 is 2.41 bits per heavy atom. The number of fused-ring (bicyclic) bond motifs is 1. The van der Waals surface area contributed by atoms with Crippen LogP contribution in [0.15, 0.2) is 36.1 Å². The number of benzene rings is 1. The van der Waals surface area contributed by atoms with Crippen LogP contribution in [0, 0.1) is 0 Å². The van der Waals surface area contributed by atoms with Gasteiger partial charge in [0.1, 0.15) is 37.1 Å². The van der Waals surface area contributed by atoms with Crippen molar-refractivity contribution in [3.8, 4) is 11.5 Å². The number of nitrogens with zero attached hydrogens (tertiary/aromatic N) is 1. The topological polar surface area (TPSA) is 273 Å². The third-order valence-corrected chi connectivity index (χ3v) is 7.63. The molecule has 9 N–H and O–H groups in total. The summed E-state index contributed by atoms with van der Waals surface area (Å²) in [6.07, 6.45) is -3.78. The molecular formula is C29H35N2O15+. The normalized spacial score (nSPS) is 30.2. The Kier molecular flexibility index (Phi) is 10.3. The molecule has 0 saturated carbocycles. The number of carboxylic acids is 3. The van der Waals surface area contributed by atoms with E-state index in [2.05, 4.69) is 5.32 Å². The summed E-state index contributed by atoms with van der Waals surface area (Å²) >= 11 is 0. The molecule has 1 unspecified atom stereocenters. The van der Waals surface area contributed by atoms with Crippen LogP contribution in [0.5, 0.6) is 11.5 Å². The SMILES string of the molecule is CC(O)(CC(=O)O)CC(=O)OC[C@H]1O[C@@H](Oc2cc3c(cc2O)[N+](=CC=C2C=CN[C@@H](C(=O)O)C2)[C@H](C(=O)O)C3)[C@H](O)[C@@H](O)[C@@H]1O. The van der Waals surface area contributed by atoms with Crippen molar-refractivity contribution >= 4 is 35.8 Å². The van der Waals surface area contributed by atoms with Crippen molar-refractivity contribution in [1.29, 1.82) is 0 Å². The van der Waals surface area contributed by atoms with Crippen molar-refractivity contribution in [1.82, 2.24) is 5.32 Å². The highest BCUT2D eigenvalue weighted by Crippen LogP contribution is 2.40. The lowest BCUT2D eigenvalue weighted by Gasteiger charge is -2.40. The molecular weight excluding hydrogens is 616 g/mol. The van der Waals surface area contributed by atoms with Crippen molar-refractivity contribution in [3.63, 3.8) is 0 Å². The highest BCUT2D eigenvalue weighted by atomic mass is 16.7. The number of carbonyl (C=O) groups is 4. The fourth-order valence-corrected chi connectivity index (χ4v) is 5.26. The van der Waals surface area contributed by atoms with Gasteiger partial charge in [0.25, 0.3) is 6.04 Å². The van der Waals surface area contributed by atoms with E-state index in [4.69, 9.17) is 19.3 Å². The van der Waals surface area contributed by atoms with E-state index >= 15 is 0 Å². The van der Waals surface area contributed by atoms with Crippen molar-refractivity contribution in [2.45, 2.75) is 81.0 Å². The van der Waals surface area contributed by atoms with E-state index in [0.717, 1.165) is 6.92 Å². The molecule has 8 atom stereocenters. The first kappa shape index (κ1) is 34.3. The van der Waals surface area contributed by atoms with Crippen LogP contribution in [0.2, 0.25) is 0 Å². The van der Waals surface area contributed by atoms with Crippen LogP contribution in [0.25, 0.3) is 0 Å². The van der Waals surface area contributed by atoms with E-state index in [1.54, 1.807) is 12.2 Å². The Labute approximate surface area is 260 Å². The van der Waals surface area contributed by atoms with Crippen molar-refractivity contribution < 1.29 is 78.8 Å². The predicted octanol–water partition coefficient (Wildman–Crippen LogP) is -1.65. The summed E-state index contributed by atoms with van der Waals surface area (Å²) in [6.45, 7) is 0.443. The first-order valence-corrected chi connectivity index (χ1v) is 14.1. The fourth-order valence-electron chi connectivity index (χ4n) is 5.26. The molecule has 250 valence electrons. The minimum Gasteiger partial charge on any atom is -0.504 e. The van der Waals surface area contributed by atoms with Gasteiger partial charge in [-0.25, -0.2) is 9.59 Å². The van der Waals surface area contributed by atoms with Crippen LogP contribution in [0.1, 0.15) is 31.7 Å². The number of aromatic hydroxyl groups is 1. The zero-order valence-electron chi connectivity index (χ0n) is 24.4. The summed E-state index contributed by atoms with van der Waals surface area (Å²) in [6, 6.07) is 0.605. The van der Waals surface area contributed by atoms with Gasteiger partial charge in [0.05, 0.1) is 30.9 Å². The van der Waals surface area contributed by atoms with Gasteiger partial charge in [-0.05, 0) is 30.8 Å². The Balaban J connectivity index is 1.50. The van der Waals surface area contributed by atoms with Crippen LogP contribution >= 0.6 is 0 Å². The molecule has 0 spiro atoms. The molecule has 3 heterocycles. The number of phenolic OH excluding ortho intramolecular Hbond substituents is 1. The van der Waals surface area contributed by atoms with E-state index in [-0.39, 0.29) is 18.6 Å². The molecule has 46 heavy (non-hydrogen) atoms. The van der Waals surface area contributed by atoms with Crippen LogP contribution < -0.4 is 10.1 Å². The van der Waals surface area contributed by atoms with Gasteiger partial charge in [-0.3, -0.25) is 9.59 Å². The van der Waals surface area contributed by atoms with E-state index in [0.29, 0.717) is 16.8 Å². The largest absolute Gasteiger partial charge is 0.504 e. The lowest BCUT2D eigenvalue weighted by molar-refractivity contribution is -0.456. The maximum atomic E-state index is 12.2. The van der Waals surface area contributed by atoms with Gasteiger partial charge in [-0.1, -0.05) is 0 Å². The molecule has 0 bridgehead atoms. The first-order valence-electron chi connectivity index (χ1n) is 14.1. The number of hydrogen-bond acceptors (Lipinski definition) is 13. The van der Waals surface area contributed by atoms with Gasteiger partial charge in [0.15, 0.2) is 17.7 Å². The summed E-state index contributed by atoms with van der Waals surface area (Å²) in [5.41, 5.74) is -0.572. The maximum absolute atomic E-state index is 12.2. The number of aliphatic hydroxyl groups excluding tert-OH is 3. The first-order chi connectivity index (χ1) is 21.6. The maximum Gasteiger partial charge on any atom is 0.373 e. The van der Waals surface area contributed by atoms with Crippen LogP contribution in [-0.2, 0) is 35.1 Å². The second-order valence-corrected chi connectivity index (χ2v) is 11.5. The molecule has 1 fully saturated rings. The van der Waals surface area contributed by atoms with E-state index < -0.39 is 97.5 Å². The van der Waals surface area contributed by atoms with Crippen molar-refractivity contribution in [3.05, 3.63) is 41.6 Å². The second-order valence-electron chi connectivity index (χ2n) is 11.5. The molecule has 1 aromatic carbocycles. The monoisotopic (exact) mass is 651 g/mol. The van der Waals surface area contributed by atoms with Crippen molar-refractivity contribution in [2.75, 3.05) is 6.61 Å². The molecule has 1 saturated heterocycles. The Hall–Kier alpha value is -4.55. The van der Waals surface area contributed by atoms with Crippen LogP contribution in [-0.4, -0.2) is 131 Å². The van der Waals surface area contributed by atoms with E-state index in [1.807, 2.05) is 0 Å². The lowest BCUT2D eigenvalue weighted by Crippen LogP contribution is -2.60. The highest BCUT2D eigenvalue weighted by molar-refractivity contribution is 5.80. The summed E-state index contributed by atoms with van der Waals surface area (Å²) in [5.74, 6) is -5.36. The van der Waals surface area contributed by atoms with Crippen molar-refractivity contribution in [2.24, 2.45) is 0 Å². The quantitative estimate of drug-likeness (QED) is 0.0957. The van der Waals surface area contributed by atoms with Gasteiger partial charge in [0.2, 0.25) is 12.0 Å². The molecule has 0 aromatic heterocycles. The number of hydrogen-bond donors (Lipinski definition) is 9. The van der Waals surface area contributed by atoms with Gasteiger partial charge in [-0.15, -0.1) is 0 Å². The van der Waals surface area contributed by atoms with Crippen LogP contribution in [0.4, 0.5) is 5.69 Å². The van der Waals surface area contributed by atoms with Gasteiger partial charge in [0, 0.05) is 18.1 Å². The number of carboxylic acid groups (broad SMARTS) is 3. The third-order valence-electron chi connectivity index (χ3n) is 7.63. The molecule has 0 amide bonds.